The molecule has 0 radical (unpaired) electrons. The van der Waals surface area contributed by atoms with Gasteiger partial charge in [-0.2, -0.15) is 0 Å². The van der Waals surface area contributed by atoms with Crippen molar-refractivity contribution in [2.75, 3.05) is 5.73 Å². The van der Waals surface area contributed by atoms with Crippen LogP contribution < -0.4 is 5.73 Å². The summed E-state index contributed by atoms with van der Waals surface area (Å²) in [6.45, 7) is 0. The summed E-state index contributed by atoms with van der Waals surface area (Å²) in [5, 5.41) is 11.5. The van der Waals surface area contributed by atoms with E-state index in [1.165, 1.54) is 12.1 Å². The second-order valence-corrected chi connectivity index (χ2v) is 5.53. The van der Waals surface area contributed by atoms with E-state index in [0.29, 0.717) is 15.5 Å². The van der Waals surface area contributed by atoms with Gasteiger partial charge in [0.1, 0.15) is 4.90 Å². The lowest BCUT2D eigenvalue weighted by Gasteiger charge is -2.08. The second-order valence-electron chi connectivity index (χ2n) is 3.63. The maximum atomic E-state index is 11.0. The summed E-state index contributed by atoms with van der Waals surface area (Å²) in [6, 6.07) is 9.82. The van der Waals surface area contributed by atoms with Crippen molar-refractivity contribution in [3.63, 3.8) is 0 Å². The standard InChI is InChI=1S/C12H8Cl2N2O2S/c13-7-5-8(14)12(10(6-7)16(17)18)19-11-4-2-1-3-9(11)15/h1-6H,15H2. The van der Waals surface area contributed by atoms with Crippen LogP contribution in [0.15, 0.2) is 46.2 Å². The molecule has 19 heavy (non-hydrogen) atoms. The molecule has 0 aliphatic carbocycles. The van der Waals surface area contributed by atoms with Crippen molar-refractivity contribution in [3.8, 4) is 0 Å². The Labute approximate surface area is 123 Å². The highest BCUT2D eigenvalue weighted by molar-refractivity contribution is 7.99. The highest BCUT2D eigenvalue weighted by Crippen LogP contribution is 2.43. The Bertz CT molecular complexity index is 650. The topological polar surface area (TPSA) is 69.2 Å². The van der Waals surface area contributed by atoms with Gasteiger partial charge in [-0.1, -0.05) is 47.1 Å². The molecule has 4 nitrogen and oxygen atoms in total. The minimum Gasteiger partial charge on any atom is -0.398 e. The monoisotopic (exact) mass is 314 g/mol. The van der Waals surface area contributed by atoms with E-state index in [-0.39, 0.29) is 15.7 Å². The third-order valence-electron chi connectivity index (χ3n) is 2.32. The lowest BCUT2D eigenvalue weighted by atomic mass is 10.3. The minimum atomic E-state index is -0.515. The van der Waals surface area contributed by atoms with E-state index in [1.54, 1.807) is 24.3 Å². The highest BCUT2D eigenvalue weighted by atomic mass is 35.5. The smallest absolute Gasteiger partial charge is 0.286 e. The van der Waals surface area contributed by atoms with Crippen molar-refractivity contribution in [2.24, 2.45) is 0 Å². The molecule has 2 N–H and O–H groups in total. The van der Waals surface area contributed by atoms with Crippen molar-refractivity contribution in [3.05, 3.63) is 56.6 Å². The second kappa shape index (κ2) is 5.69. The number of nitrogens with two attached hydrogens (primary N) is 1. The van der Waals surface area contributed by atoms with Gasteiger partial charge in [-0.25, -0.2) is 0 Å². The van der Waals surface area contributed by atoms with E-state index in [0.717, 1.165) is 11.8 Å². The first kappa shape index (κ1) is 14.0. The molecule has 2 aromatic carbocycles. The predicted octanol–water partition coefficient (Wildman–Crippen LogP) is 4.64. The number of halogens is 2. The lowest BCUT2D eigenvalue weighted by molar-refractivity contribution is -0.387. The summed E-state index contributed by atoms with van der Waals surface area (Å²) in [5.74, 6) is 0. The Hall–Kier alpha value is -1.43. The first-order valence-electron chi connectivity index (χ1n) is 5.15. The summed E-state index contributed by atoms with van der Waals surface area (Å²) in [4.78, 5) is 11.6. The average molecular weight is 315 g/mol. The zero-order valence-electron chi connectivity index (χ0n) is 9.47. The normalized spacial score (nSPS) is 10.4. The number of benzene rings is 2. The Morgan fingerprint density at radius 1 is 1.21 bits per heavy atom. The fourth-order valence-corrected chi connectivity index (χ4v) is 3.01. The fraction of sp³-hybridized carbons (Fsp3) is 0. The van der Waals surface area contributed by atoms with E-state index in [9.17, 15) is 10.1 Å². The van der Waals surface area contributed by atoms with Crippen LogP contribution in [0.4, 0.5) is 11.4 Å². The van der Waals surface area contributed by atoms with Crippen LogP contribution in [0.25, 0.3) is 0 Å². The molecule has 0 saturated heterocycles. The van der Waals surface area contributed by atoms with Crippen molar-refractivity contribution in [1.82, 2.24) is 0 Å². The average Bonchev–Trinajstić information content (AvgIpc) is 2.34. The molecule has 0 spiro atoms. The number of nitro groups is 1. The number of hydrogen-bond donors (Lipinski definition) is 1. The van der Waals surface area contributed by atoms with E-state index in [1.807, 2.05) is 0 Å². The Balaban J connectivity index is 2.51. The van der Waals surface area contributed by atoms with Crippen molar-refractivity contribution < 1.29 is 4.92 Å². The molecule has 98 valence electrons. The Kier molecular flexibility index (Phi) is 4.19. The first-order chi connectivity index (χ1) is 8.99. The first-order valence-corrected chi connectivity index (χ1v) is 6.72. The van der Waals surface area contributed by atoms with E-state index >= 15 is 0 Å². The summed E-state index contributed by atoms with van der Waals surface area (Å²) in [5.41, 5.74) is 6.22. The molecule has 2 aromatic rings. The zero-order chi connectivity index (χ0) is 14.0. The van der Waals surface area contributed by atoms with Gasteiger partial charge in [0.25, 0.3) is 5.69 Å². The van der Waals surface area contributed by atoms with Crippen LogP contribution in [-0.2, 0) is 0 Å². The van der Waals surface area contributed by atoms with Crippen molar-refractivity contribution in [1.29, 1.82) is 0 Å². The molecule has 0 fully saturated rings. The van der Waals surface area contributed by atoms with E-state index < -0.39 is 4.92 Å². The van der Waals surface area contributed by atoms with Gasteiger partial charge in [0.2, 0.25) is 0 Å². The quantitative estimate of drug-likeness (QED) is 0.509. The van der Waals surface area contributed by atoms with Gasteiger partial charge < -0.3 is 5.73 Å². The number of nitro benzene ring substituents is 1. The Morgan fingerprint density at radius 3 is 2.53 bits per heavy atom. The summed E-state index contributed by atoms with van der Waals surface area (Å²) in [7, 11) is 0. The minimum absolute atomic E-state index is 0.134. The van der Waals surface area contributed by atoms with Crippen LogP contribution >= 0.6 is 35.0 Å². The molecule has 0 atom stereocenters. The van der Waals surface area contributed by atoms with Crippen molar-refractivity contribution >= 4 is 46.3 Å². The molecular formula is C12H8Cl2N2O2S. The number of rotatable bonds is 3. The van der Waals surface area contributed by atoms with Gasteiger partial charge in [-0.3, -0.25) is 10.1 Å². The third-order valence-corrected chi connectivity index (χ3v) is 4.17. The van der Waals surface area contributed by atoms with E-state index in [2.05, 4.69) is 0 Å². The fourth-order valence-electron chi connectivity index (χ4n) is 1.47. The molecule has 2 rings (SSSR count). The molecular weight excluding hydrogens is 307 g/mol. The van der Waals surface area contributed by atoms with Gasteiger partial charge >= 0.3 is 0 Å². The number of nitrogens with zero attached hydrogens (tertiary/aromatic N) is 1. The molecule has 0 heterocycles. The van der Waals surface area contributed by atoms with Crippen LogP contribution in [0.2, 0.25) is 10.0 Å². The third kappa shape index (κ3) is 3.12. The van der Waals surface area contributed by atoms with Crippen LogP contribution in [0.1, 0.15) is 0 Å². The van der Waals surface area contributed by atoms with Gasteiger partial charge in [0, 0.05) is 21.7 Å². The lowest BCUT2D eigenvalue weighted by Crippen LogP contribution is -1.93. The number of para-hydroxylation sites is 1. The molecule has 0 aliphatic rings. The highest BCUT2D eigenvalue weighted by Gasteiger charge is 2.20. The zero-order valence-corrected chi connectivity index (χ0v) is 11.8. The number of hydrogen-bond acceptors (Lipinski definition) is 4. The molecule has 7 heteroatoms. The Morgan fingerprint density at radius 2 is 1.89 bits per heavy atom. The summed E-state index contributed by atoms with van der Waals surface area (Å²) >= 11 is 13.0. The van der Waals surface area contributed by atoms with Gasteiger partial charge in [-0.15, -0.1) is 0 Å². The van der Waals surface area contributed by atoms with E-state index in [4.69, 9.17) is 28.9 Å². The van der Waals surface area contributed by atoms with Crippen molar-refractivity contribution in [2.45, 2.75) is 9.79 Å². The summed E-state index contributed by atoms with van der Waals surface area (Å²) < 4.78 is 0. The number of anilines is 1. The maximum Gasteiger partial charge on any atom is 0.286 e. The summed E-state index contributed by atoms with van der Waals surface area (Å²) in [6.07, 6.45) is 0. The molecule has 0 aromatic heterocycles. The molecule has 0 unspecified atom stereocenters. The predicted molar refractivity (Wildman–Crippen MR) is 78.1 cm³/mol. The molecule has 0 amide bonds. The number of nitrogen functional groups attached to an aromatic ring is 1. The SMILES string of the molecule is Nc1ccccc1Sc1c(Cl)cc(Cl)cc1[N+](=O)[O-]. The van der Waals surface area contributed by atoms with Gasteiger partial charge in [0.15, 0.2) is 0 Å². The molecule has 0 saturated carbocycles. The van der Waals surface area contributed by atoms with Gasteiger partial charge in [-0.05, 0) is 18.2 Å². The largest absolute Gasteiger partial charge is 0.398 e. The van der Waals surface area contributed by atoms with Crippen LogP contribution in [-0.4, -0.2) is 4.92 Å². The molecule has 0 bridgehead atoms. The maximum absolute atomic E-state index is 11.0. The van der Waals surface area contributed by atoms with Crippen LogP contribution in [0, 0.1) is 10.1 Å². The van der Waals surface area contributed by atoms with Crippen LogP contribution in [0.3, 0.4) is 0 Å². The van der Waals surface area contributed by atoms with Crippen LogP contribution in [0.5, 0.6) is 0 Å². The van der Waals surface area contributed by atoms with Gasteiger partial charge in [0.05, 0.1) is 9.95 Å². The molecule has 0 aliphatic heterocycles.